The lowest BCUT2D eigenvalue weighted by molar-refractivity contribution is 0.0956. The number of likely N-dealkylation sites (tertiary alicyclic amines) is 1. The zero-order valence-corrected chi connectivity index (χ0v) is 16.1. The molecule has 0 unspecified atom stereocenters. The highest BCUT2D eigenvalue weighted by Crippen LogP contribution is 2.14. The van der Waals surface area contributed by atoms with Gasteiger partial charge < -0.3 is 5.32 Å². The molecular formula is C22H28N2OS. The normalized spacial score (nSPS) is 14.9. The van der Waals surface area contributed by atoms with Crippen molar-refractivity contribution in [1.82, 2.24) is 10.2 Å². The average molecular weight is 369 g/mol. The zero-order chi connectivity index (χ0) is 18.0. The van der Waals surface area contributed by atoms with E-state index < -0.39 is 0 Å². The highest BCUT2D eigenvalue weighted by atomic mass is 32.2. The monoisotopic (exact) mass is 368 g/mol. The zero-order valence-electron chi connectivity index (χ0n) is 15.3. The van der Waals surface area contributed by atoms with Gasteiger partial charge in [-0.2, -0.15) is 11.8 Å². The van der Waals surface area contributed by atoms with Crippen molar-refractivity contribution in [1.29, 1.82) is 0 Å². The summed E-state index contributed by atoms with van der Waals surface area (Å²) in [7, 11) is 0. The number of nitrogens with zero attached hydrogens (tertiary/aromatic N) is 1. The lowest BCUT2D eigenvalue weighted by atomic mass is 10.1. The van der Waals surface area contributed by atoms with E-state index in [4.69, 9.17) is 0 Å². The summed E-state index contributed by atoms with van der Waals surface area (Å²) in [5, 5.41) is 3.02. The summed E-state index contributed by atoms with van der Waals surface area (Å²) in [5.74, 6) is 1.94. The van der Waals surface area contributed by atoms with Crippen molar-refractivity contribution in [2.45, 2.75) is 31.6 Å². The van der Waals surface area contributed by atoms with Gasteiger partial charge in [-0.15, -0.1) is 0 Å². The predicted molar refractivity (Wildman–Crippen MR) is 111 cm³/mol. The quantitative estimate of drug-likeness (QED) is 0.704. The molecule has 1 saturated heterocycles. The van der Waals surface area contributed by atoms with Crippen LogP contribution in [-0.4, -0.2) is 36.2 Å². The summed E-state index contributed by atoms with van der Waals surface area (Å²) in [6, 6.07) is 18.5. The number of hydrogen-bond acceptors (Lipinski definition) is 3. The van der Waals surface area contributed by atoms with Crippen molar-refractivity contribution in [3.8, 4) is 0 Å². The molecule has 0 atom stereocenters. The van der Waals surface area contributed by atoms with Crippen molar-refractivity contribution in [2.24, 2.45) is 0 Å². The standard InChI is InChI=1S/C22H28N2OS/c25-22(23-13-16-26-18-20-7-3-1-4-8-20)21-11-9-19(10-12-21)17-24-14-5-2-6-15-24/h1,3-4,7-12H,2,5-6,13-18H2,(H,23,25). The lowest BCUT2D eigenvalue weighted by Gasteiger charge is -2.26. The van der Waals surface area contributed by atoms with Gasteiger partial charge in [0.1, 0.15) is 0 Å². The number of carbonyl (C=O) groups excluding carboxylic acids is 1. The third kappa shape index (κ3) is 6.19. The minimum Gasteiger partial charge on any atom is -0.351 e. The van der Waals surface area contributed by atoms with Gasteiger partial charge in [0.05, 0.1) is 0 Å². The fraction of sp³-hybridized carbons (Fsp3) is 0.409. The van der Waals surface area contributed by atoms with Crippen LogP contribution in [0.5, 0.6) is 0 Å². The second-order valence-electron chi connectivity index (χ2n) is 6.83. The molecule has 4 heteroatoms. The number of rotatable bonds is 8. The highest BCUT2D eigenvalue weighted by molar-refractivity contribution is 7.98. The Morgan fingerprint density at radius 3 is 2.38 bits per heavy atom. The molecule has 2 aromatic rings. The number of benzene rings is 2. The molecule has 0 saturated carbocycles. The molecular weight excluding hydrogens is 340 g/mol. The van der Waals surface area contributed by atoms with Gasteiger partial charge in [-0.3, -0.25) is 9.69 Å². The van der Waals surface area contributed by atoms with Crippen LogP contribution in [-0.2, 0) is 12.3 Å². The van der Waals surface area contributed by atoms with Gasteiger partial charge in [0.15, 0.2) is 0 Å². The van der Waals surface area contributed by atoms with Crippen molar-refractivity contribution >= 4 is 17.7 Å². The Balaban J connectivity index is 1.36. The molecule has 1 N–H and O–H groups in total. The second-order valence-corrected chi connectivity index (χ2v) is 7.93. The lowest BCUT2D eigenvalue weighted by Crippen LogP contribution is -2.29. The summed E-state index contributed by atoms with van der Waals surface area (Å²) >= 11 is 1.85. The fourth-order valence-electron chi connectivity index (χ4n) is 3.24. The topological polar surface area (TPSA) is 32.3 Å². The number of nitrogens with one attached hydrogen (secondary N) is 1. The van der Waals surface area contributed by atoms with Gasteiger partial charge in [-0.1, -0.05) is 48.9 Å². The van der Waals surface area contributed by atoms with Crippen molar-refractivity contribution in [3.05, 3.63) is 71.3 Å². The van der Waals surface area contributed by atoms with Gasteiger partial charge in [-0.05, 0) is 49.2 Å². The molecule has 1 amide bonds. The first-order chi connectivity index (χ1) is 12.8. The fourth-order valence-corrected chi connectivity index (χ4v) is 4.06. The van der Waals surface area contributed by atoms with Crippen LogP contribution in [0.15, 0.2) is 54.6 Å². The smallest absolute Gasteiger partial charge is 0.251 e. The van der Waals surface area contributed by atoms with Crippen LogP contribution >= 0.6 is 11.8 Å². The van der Waals surface area contributed by atoms with E-state index in [1.54, 1.807) is 0 Å². The molecule has 1 aliphatic rings. The number of amides is 1. The van der Waals surface area contributed by atoms with Crippen LogP contribution in [0.3, 0.4) is 0 Å². The molecule has 0 aliphatic carbocycles. The van der Waals surface area contributed by atoms with Crippen molar-refractivity contribution in [3.63, 3.8) is 0 Å². The molecule has 1 aliphatic heterocycles. The Kier molecular flexibility index (Phi) is 7.59. The maximum atomic E-state index is 12.2. The Labute approximate surface area is 161 Å². The summed E-state index contributed by atoms with van der Waals surface area (Å²) in [5.41, 5.74) is 3.37. The summed E-state index contributed by atoms with van der Waals surface area (Å²) in [4.78, 5) is 14.8. The molecule has 26 heavy (non-hydrogen) atoms. The van der Waals surface area contributed by atoms with Crippen molar-refractivity contribution in [2.75, 3.05) is 25.4 Å². The van der Waals surface area contributed by atoms with E-state index in [9.17, 15) is 4.79 Å². The molecule has 1 heterocycles. The SMILES string of the molecule is O=C(NCCSCc1ccccc1)c1ccc(CN2CCCCC2)cc1. The molecule has 1 fully saturated rings. The van der Waals surface area contributed by atoms with Crippen molar-refractivity contribution < 1.29 is 4.79 Å². The first-order valence-electron chi connectivity index (χ1n) is 9.52. The van der Waals surface area contributed by atoms with E-state index in [1.807, 2.05) is 30.0 Å². The van der Waals surface area contributed by atoms with Gasteiger partial charge >= 0.3 is 0 Å². The Hall–Kier alpha value is -1.78. The Morgan fingerprint density at radius 2 is 1.65 bits per heavy atom. The molecule has 3 rings (SSSR count). The summed E-state index contributed by atoms with van der Waals surface area (Å²) < 4.78 is 0. The second kappa shape index (κ2) is 10.4. The highest BCUT2D eigenvalue weighted by Gasteiger charge is 2.11. The number of hydrogen-bond donors (Lipinski definition) is 1. The summed E-state index contributed by atoms with van der Waals surface area (Å²) in [6.45, 7) is 4.09. The first kappa shape index (κ1) is 19.0. The van der Waals surface area contributed by atoms with Gasteiger partial charge in [0, 0.05) is 30.2 Å². The van der Waals surface area contributed by atoms with Gasteiger partial charge in [-0.25, -0.2) is 0 Å². The predicted octanol–water partition coefficient (Wildman–Crippen LogP) is 4.34. The maximum Gasteiger partial charge on any atom is 0.251 e. The number of thioether (sulfide) groups is 1. The minimum absolute atomic E-state index is 0.0230. The largest absolute Gasteiger partial charge is 0.351 e. The Morgan fingerprint density at radius 1 is 0.923 bits per heavy atom. The van der Waals surface area contributed by atoms with E-state index in [0.29, 0.717) is 6.54 Å². The van der Waals surface area contributed by atoms with E-state index in [1.165, 1.54) is 43.5 Å². The van der Waals surface area contributed by atoms with Crippen LogP contribution in [0.1, 0.15) is 40.7 Å². The molecule has 0 bridgehead atoms. The van der Waals surface area contributed by atoms with Gasteiger partial charge in [0.25, 0.3) is 5.91 Å². The summed E-state index contributed by atoms with van der Waals surface area (Å²) in [6.07, 6.45) is 3.98. The van der Waals surface area contributed by atoms with Crippen LogP contribution < -0.4 is 5.32 Å². The third-order valence-electron chi connectivity index (χ3n) is 4.71. The molecule has 0 aromatic heterocycles. The molecule has 3 nitrogen and oxygen atoms in total. The van der Waals surface area contributed by atoms with Crippen LogP contribution in [0.25, 0.3) is 0 Å². The molecule has 2 aromatic carbocycles. The maximum absolute atomic E-state index is 12.2. The van der Waals surface area contributed by atoms with E-state index in [0.717, 1.165) is 23.6 Å². The molecule has 138 valence electrons. The van der Waals surface area contributed by atoms with Crippen LogP contribution in [0.2, 0.25) is 0 Å². The van der Waals surface area contributed by atoms with Crippen LogP contribution in [0.4, 0.5) is 0 Å². The van der Waals surface area contributed by atoms with Crippen LogP contribution in [0, 0.1) is 0 Å². The first-order valence-corrected chi connectivity index (χ1v) is 10.7. The number of carbonyl (C=O) groups is 1. The average Bonchev–Trinajstić information content (AvgIpc) is 2.70. The molecule has 0 radical (unpaired) electrons. The minimum atomic E-state index is 0.0230. The van der Waals surface area contributed by atoms with E-state index in [2.05, 4.69) is 46.6 Å². The number of piperidine rings is 1. The molecule has 0 spiro atoms. The van der Waals surface area contributed by atoms with E-state index >= 15 is 0 Å². The van der Waals surface area contributed by atoms with Gasteiger partial charge in [0.2, 0.25) is 0 Å². The Bertz CT molecular complexity index is 666. The third-order valence-corrected chi connectivity index (χ3v) is 5.74. The van der Waals surface area contributed by atoms with E-state index in [-0.39, 0.29) is 5.91 Å².